The molecule has 0 aliphatic heterocycles. The molecule has 110 valence electrons. The maximum atomic E-state index is 8.85. The molecule has 0 aromatic carbocycles. The molecule has 1 rings (SSSR count). The molecule has 20 heavy (non-hydrogen) atoms. The van der Waals surface area contributed by atoms with E-state index in [0.29, 0.717) is 6.42 Å². The average molecular weight is 275 g/mol. The fraction of sp³-hybridized carbons (Fsp3) is 0.667. The first kappa shape index (κ1) is 16.2. The standard InChI is InChI=1S/C15H25N5/c1-5-7-13-14(17-10-6-2)18-11-19-15(13)20(4)12(3)8-9-16/h11-12H,5-8,10H2,1-4H3,(H,17,18,19). The van der Waals surface area contributed by atoms with Gasteiger partial charge in [-0.3, -0.25) is 0 Å². The van der Waals surface area contributed by atoms with Gasteiger partial charge in [0.1, 0.15) is 18.0 Å². The van der Waals surface area contributed by atoms with Crippen LogP contribution in [0.25, 0.3) is 0 Å². The molecule has 0 saturated heterocycles. The van der Waals surface area contributed by atoms with E-state index in [1.807, 2.05) is 14.0 Å². The Morgan fingerprint density at radius 3 is 2.70 bits per heavy atom. The third kappa shape index (κ3) is 4.09. The molecule has 0 aliphatic carbocycles. The third-order valence-corrected chi connectivity index (χ3v) is 3.35. The molecule has 0 aliphatic rings. The molecule has 5 nitrogen and oxygen atoms in total. The van der Waals surface area contributed by atoms with Crippen molar-refractivity contribution < 1.29 is 0 Å². The largest absolute Gasteiger partial charge is 0.370 e. The summed E-state index contributed by atoms with van der Waals surface area (Å²) in [5.74, 6) is 1.86. The van der Waals surface area contributed by atoms with Gasteiger partial charge in [0.05, 0.1) is 12.5 Å². The summed E-state index contributed by atoms with van der Waals surface area (Å²) in [5, 5.41) is 12.2. The highest BCUT2D eigenvalue weighted by Gasteiger charge is 2.17. The van der Waals surface area contributed by atoms with E-state index in [-0.39, 0.29) is 6.04 Å². The molecule has 0 spiro atoms. The van der Waals surface area contributed by atoms with Gasteiger partial charge in [-0.2, -0.15) is 5.26 Å². The van der Waals surface area contributed by atoms with Crippen molar-refractivity contribution in [2.45, 2.75) is 52.5 Å². The summed E-state index contributed by atoms with van der Waals surface area (Å²) in [6.45, 7) is 7.24. The summed E-state index contributed by atoms with van der Waals surface area (Å²) in [6.07, 6.45) is 5.13. The van der Waals surface area contributed by atoms with Crippen LogP contribution in [-0.2, 0) is 6.42 Å². The molecule has 1 atom stereocenters. The monoisotopic (exact) mass is 275 g/mol. The van der Waals surface area contributed by atoms with E-state index in [1.165, 1.54) is 0 Å². The Kier molecular flexibility index (Phi) is 6.78. The van der Waals surface area contributed by atoms with Crippen molar-refractivity contribution in [3.8, 4) is 6.07 Å². The lowest BCUT2D eigenvalue weighted by atomic mass is 10.1. The number of nitriles is 1. The van der Waals surface area contributed by atoms with Gasteiger partial charge in [0, 0.05) is 25.2 Å². The Morgan fingerprint density at radius 2 is 2.10 bits per heavy atom. The second-order valence-electron chi connectivity index (χ2n) is 5.02. The van der Waals surface area contributed by atoms with E-state index >= 15 is 0 Å². The maximum absolute atomic E-state index is 8.85. The van der Waals surface area contributed by atoms with Crippen molar-refractivity contribution in [1.29, 1.82) is 5.26 Å². The van der Waals surface area contributed by atoms with E-state index in [1.54, 1.807) is 6.33 Å². The van der Waals surface area contributed by atoms with Crippen LogP contribution in [0.15, 0.2) is 6.33 Å². The van der Waals surface area contributed by atoms with Gasteiger partial charge < -0.3 is 10.2 Å². The zero-order valence-corrected chi connectivity index (χ0v) is 13.0. The minimum absolute atomic E-state index is 0.143. The van der Waals surface area contributed by atoms with Gasteiger partial charge in [0.25, 0.3) is 0 Å². The summed E-state index contributed by atoms with van der Waals surface area (Å²) in [4.78, 5) is 10.9. The van der Waals surface area contributed by atoms with Crippen LogP contribution in [-0.4, -0.2) is 29.6 Å². The van der Waals surface area contributed by atoms with Crippen LogP contribution in [0, 0.1) is 11.3 Å². The number of nitrogens with zero attached hydrogens (tertiary/aromatic N) is 4. The normalized spacial score (nSPS) is 11.8. The van der Waals surface area contributed by atoms with Crippen LogP contribution >= 0.6 is 0 Å². The minimum Gasteiger partial charge on any atom is -0.370 e. The van der Waals surface area contributed by atoms with Crippen LogP contribution in [0.3, 0.4) is 0 Å². The fourth-order valence-corrected chi connectivity index (χ4v) is 2.06. The summed E-state index contributed by atoms with van der Waals surface area (Å²) >= 11 is 0. The molecule has 0 amide bonds. The Bertz CT molecular complexity index is 452. The number of aromatic nitrogens is 2. The number of nitrogens with one attached hydrogen (secondary N) is 1. The highest BCUT2D eigenvalue weighted by molar-refractivity contribution is 5.59. The van der Waals surface area contributed by atoms with E-state index in [9.17, 15) is 0 Å². The van der Waals surface area contributed by atoms with Gasteiger partial charge >= 0.3 is 0 Å². The van der Waals surface area contributed by atoms with Crippen LogP contribution in [0.4, 0.5) is 11.6 Å². The van der Waals surface area contributed by atoms with Gasteiger partial charge in [-0.15, -0.1) is 0 Å². The van der Waals surface area contributed by atoms with Crippen LogP contribution in [0.5, 0.6) is 0 Å². The van der Waals surface area contributed by atoms with Gasteiger partial charge in [-0.1, -0.05) is 20.3 Å². The predicted molar refractivity (Wildman–Crippen MR) is 82.9 cm³/mol. The average Bonchev–Trinajstić information content (AvgIpc) is 2.45. The second kappa shape index (κ2) is 8.36. The fourth-order valence-electron chi connectivity index (χ4n) is 2.06. The topological polar surface area (TPSA) is 64.8 Å². The summed E-state index contributed by atoms with van der Waals surface area (Å²) in [7, 11) is 1.99. The van der Waals surface area contributed by atoms with Crippen molar-refractivity contribution in [1.82, 2.24) is 9.97 Å². The summed E-state index contributed by atoms with van der Waals surface area (Å²) in [5.41, 5.74) is 1.15. The first-order valence-electron chi connectivity index (χ1n) is 7.33. The lowest BCUT2D eigenvalue weighted by Gasteiger charge is -2.27. The molecule has 0 radical (unpaired) electrons. The molecule has 0 saturated carbocycles. The molecule has 1 unspecified atom stereocenters. The van der Waals surface area contributed by atoms with E-state index in [0.717, 1.165) is 43.0 Å². The van der Waals surface area contributed by atoms with Crippen LogP contribution < -0.4 is 10.2 Å². The highest BCUT2D eigenvalue weighted by Crippen LogP contribution is 2.26. The summed E-state index contributed by atoms with van der Waals surface area (Å²) < 4.78 is 0. The Labute approximate surface area is 122 Å². The SMILES string of the molecule is CCCNc1ncnc(N(C)C(C)CC#N)c1CCC. The van der Waals surface area contributed by atoms with E-state index in [4.69, 9.17) is 5.26 Å². The van der Waals surface area contributed by atoms with Gasteiger partial charge in [0.15, 0.2) is 0 Å². The van der Waals surface area contributed by atoms with Crippen molar-refractivity contribution >= 4 is 11.6 Å². The molecular weight excluding hydrogens is 250 g/mol. The first-order chi connectivity index (χ1) is 9.65. The smallest absolute Gasteiger partial charge is 0.137 e. The van der Waals surface area contributed by atoms with Gasteiger partial charge in [-0.05, 0) is 19.8 Å². The van der Waals surface area contributed by atoms with E-state index < -0.39 is 0 Å². The zero-order chi connectivity index (χ0) is 15.0. The molecule has 0 bridgehead atoms. The van der Waals surface area contributed by atoms with Crippen molar-refractivity contribution in [2.75, 3.05) is 23.8 Å². The third-order valence-electron chi connectivity index (χ3n) is 3.35. The minimum atomic E-state index is 0.143. The van der Waals surface area contributed by atoms with Crippen molar-refractivity contribution in [3.63, 3.8) is 0 Å². The molecule has 1 N–H and O–H groups in total. The molecule has 5 heteroatoms. The zero-order valence-electron chi connectivity index (χ0n) is 13.0. The van der Waals surface area contributed by atoms with Crippen molar-refractivity contribution in [2.24, 2.45) is 0 Å². The Hall–Kier alpha value is -1.83. The molecule has 0 fully saturated rings. The summed E-state index contributed by atoms with van der Waals surface area (Å²) in [6, 6.07) is 2.36. The van der Waals surface area contributed by atoms with Crippen LogP contribution in [0.1, 0.15) is 45.6 Å². The quantitative estimate of drug-likeness (QED) is 0.790. The Morgan fingerprint density at radius 1 is 1.35 bits per heavy atom. The highest BCUT2D eigenvalue weighted by atomic mass is 15.2. The number of rotatable bonds is 8. The van der Waals surface area contributed by atoms with E-state index in [2.05, 4.69) is 40.1 Å². The molecule has 1 heterocycles. The first-order valence-corrected chi connectivity index (χ1v) is 7.33. The number of hydrogen-bond donors (Lipinski definition) is 1. The number of anilines is 2. The molecule has 1 aromatic rings. The second-order valence-corrected chi connectivity index (χ2v) is 5.02. The Balaban J connectivity index is 3.07. The molecule has 1 aromatic heterocycles. The predicted octanol–water partition coefficient (Wildman–Crippen LogP) is 2.99. The van der Waals surface area contributed by atoms with Gasteiger partial charge in [0.2, 0.25) is 0 Å². The lowest BCUT2D eigenvalue weighted by molar-refractivity contribution is 0.686. The van der Waals surface area contributed by atoms with Gasteiger partial charge in [-0.25, -0.2) is 9.97 Å². The lowest BCUT2D eigenvalue weighted by Crippen LogP contribution is -2.30. The maximum Gasteiger partial charge on any atom is 0.137 e. The molecular formula is C15H25N5. The van der Waals surface area contributed by atoms with Crippen molar-refractivity contribution in [3.05, 3.63) is 11.9 Å². The number of hydrogen-bond acceptors (Lipinski definition) is 5. The van der Waals surface area contributed by atoms with Crippen LogP contribution in [0.2, 0.25) is 0 Å².